The maximum Gasteiger partial charge on any atom is 0.303 e. The van der Waals surface area contributed by atoms with E-state index in [1.807, 2.05) is 12.2 Å². The maximum absolute atomic E-state index is 10.2. The summed E-state index contributed by atoms with van der Waals surface area (Å²) in [6, 6.07) is 2.05. The number of carbonyl (C=O) groups is 1. The molecule has 0 amide bonds. The Bertz CT molecular complexity index is 228. The van der Waals surface area contributed by atoms with Gasteiger partial charge in [-0.25, -0.2) is 0 Å². The average Bonchev–Trinajstić information content (AvgIpc) is 2.20. The molecular formula is C12H19NO2. The topological polar surface area (TPSA) is 61.1 Å². The molecule has 0 heterocycles. The fourth-order valence-corrected chi connectivity index (χ4v) is 1.32. The summed E-state index contributed by atoms with van der Waals surface area (Å²) in [6.45, 7) is 0. The third-order valence-electron chi connectivity index (χ3n) is 2.14. The highest BCUT2D eigenvalue weighted by molar-refractivity contribution is 5.66. The van der Waals surface area contributed by atoms with Gasteiger partial charge < -0.3 is 5.11 Å². The highest BCUT2D eigenvalue weighted by Crippen LogP contribution is 2.07. The fourth-order valence-electron chi connectivity index (χ4n) is 1.32. The summed E-state index contributed by atoms with van der Waals surface area (Å²) in [5.41, 5.74) is 0. The standard InChI is InChI=1S/C12H19NO2/c13-11-9-7-5-3-1-2-4-6-8-10-12(14)15/h5,7H,1-4,6,8-10H2,(H,14,15). The van der Waals surface area contributed by atoms with Crippen LogP contribution in [0.4, 0.5) is 0 Å². The number of aliphatic carboxylic acids is 1. The molecule has 0 aliphatic carbocycles. The van der Waals surface area contributed by atoms with Gasteiger partial charge in [-0.2, -0.15) is 5.26 Å². The van der Waals surface area contributed by atoms with Gasteiger partial charge in [0.2, 0.25) is 0 Å². The van der Waals surface area contributed by atoms with Gasteiger partial charge in [0.1, 0.15) is 0 Å². The van der Waals surface area contributed by atoms with Gasteiger partial charge in [-0.05, 0) is 19.3 Å². The third-order valence-corrected chi connectivity index (χ3v) is 2.14. The lowest BCUT2D eigenvalue weighted by atomic mass is 10.1. The van der Waals surface area contributed by atoms with Crippen molar-refractivity contribution in [1.29, 1.82) is 5.26 Å². The number of carboxylic acids is 1. The molecule has 0 unspecified atom stereocenters. The molecule has 0 fully saturated rings. The number of hydrogen-bond donors (Lipinski definition) is 1. The number of hydrogen-bond acceptors (Lipinski definition) is 2. The number of carboxylic acid groups (broad SMARTS) is 1. The molecular weight excluding hydrogens is 190 g/mol. The maximum atomic E-state index is 10.2. The van der Waals surface area contributed by atoms with Crippen LogP contribution in [-0.2, 0) is 4.79 Å². The number of allylic oxidation sites excluding steroid dienone is 2. The number of nitrogens with zero attached hydrogens (tertiary/aromatic N) is 1. The molecule has 0 saturated carbocycles. The lowest BCUT2D eigenvalue weighted by Crippen LogP contribution is -1.93. The SMILES string of the molecule is N#CCC=CCCCCCCCC(=O)O. The van der Waals surface area contributed by atoms with Gasteiger partial charge in [-0.1, -0.05) is 31.4 Å². The molecule has 0 radical (unpaired) electrons. The molecule has 3 heteroatoms. The minimum absolute atomic E-state index is 0.294. The Morgan fingerprint density at radius 3 is 2.47 bits per heavy atom. The Hall–Kier alpha value is -1.30. The zero-order valence-electron chi connectivity index (χ0n) is 9.11. The van der Waals surface area contributed by atoms with Crippen LogP contribution in [0.1, 0.15) is 51.4 Å². The molecule has 15 heavy (non-hydrogen) atoms. The van der Waals surface area contributed by atoms with Crippen LogP contribution in [0.3, 0.4) is 0 Å². The van der Waals surface area contributed by atoms with E-state index in [0.29, 0.717) is 12.8 Å². The molecule has 0 aromatic rings. The minimum Gasteiger partial charge on any atom is -0.481 e. The second-order valence-electron chi connectivity index (χ2n) is 3.53. The molecule has 0 bridgehead atoms. The van der Waals surface area contributed by atoms with Crippen molar-refractivity contribution in [2.75, 3.05) is 0 Å². The summed E-state index contributed by atoms with van der Waals surface area (Å²) < 4.78 is 0. The minimum atomic E-state index is -0.700. The predicted octanol–water partition coefficient (Wildman–Crippen LogP) is 3.27. The van der Waals surface area contributed by atoms with Crippen molar-refractivity contribution in [3.8, 4) is 6.07 Å². The first kappa shape index (κ1) is 13.7. The van der Waals surface area contributed by atoms with Crippen LogP contribution in [-0.4, -0.2) is 11.1 Å². The molecule has 0 aliphatic heterocycles. The molecule has 0 saturated heterocycles. The second kappa shape index (κ2) is 10.8. The molecule has 0 atom stereocenters. The molecule has 0 aromatic carbocycles. The summed E-state index contributed by atoms with van der Waals surface area (Å²) in [5, 5.41) is 16.7. The Kier molecular flexibility index (Phi) is 9.84. The molecule has 3 nitrogen and oxygen atoms in total. The van der Waals surface area contributed by atoms with Crippen LogP contribution in [0.5, 0.6) is 0 Å². The molecule has 0 aromatic heterocycles. The van der Waals surface area contributed by atoms with E-state index < -0.39 is 5.97 Å². The van der Waals surface area contributed by atoms with Crippen LogP contribution < -0.4 is 0 Å². The molecule has 0 rings (SSSR count). The van der Waals surface area contributed by atoms with E-state index in [9.17, 15) is 4.79 Å². The Morgan fingerprint density at radius 2 is 1.80 bits per heavy atom. The molecule has 84 valence electrons. The lowest BCUT2D eigenvalue weighted by Gasteiger charge is -1.97. The number of unbranched alkanes of at least 4 members (excludes halogenated alkanes) is 5. The van der Waals surface area contributed by atoms with Crippen molar-refractivity contribution in [3.05, 3.63) is 12.2 Å². The van der Waals surface area contributed by atoms with Gasteiger partial charge in [-0.15, -0.1) is 0 Å². The van der Waals surface area contributed by atoms with Gasteiger partial charge >= 0.3 is 5.97 Å². The Labute approximate surface area is 91.4 Å². The van der Waals surface area contributed by atoms with E-state index in [0.717, 1.165) is 38.5 Å². The summed E-state index contributed by atoms with van der Waals surface area (Å²) in [5.74, 6) is -0.700. The number of rotatable bonds is 9. The predicted molar refractivity (Wildman–Crippen MR) is 59.3 cm³/mol. The highest BCUT2D eigenvalue weighted by atomic mass is 16.4. The largest absolute Gasteiger partial charge is 0.481 e. The Morgan fingerprint density at radius 1 is 1.13 bits per heavy atom. The van der Waals surface area contributed by atoms with Crippen molar-refractivity contribution >= 4 is 5.97 Å². The van der Waals surface area contributed by atoms with E-state index in [1.165, 1.54) is 0 Å². The monoisotopic (exact) mass is 209 g/mol. The van der Waals surface area contributed by atoms with Gasteiger partial charge in [0.25, 0.3) is 0 Å². The lowest BCUT2D eigenvalue weighted by molar-refractivity contribution is -0.137. The van der Waals surface area contributed by atoms with Gasteiger partial charge in [0, 0.05) is 6.42 Å². The molecule has 0 aliphatic rings. The van der Waals surface area contributed by atoms with E-state index in [2.05, 4.69) is 6.07 Å². The summed E-state index contributed by atoms with van der Waals surface area (Å²) >= 11 is 0. The summed E-state index contributed by atoms with van der Waals surface area (Å²) in [6.07, 6.45) is 10.9. The van der Waals surface area contributed by atoms with E-state index in [4.69, 9.17) is 10.4 Å². The van der Waals surface area contributed by atoms with Crippen molar-refractivity contribution in [2.24, 2.45) is 0 Å². The number of nitriles is 1. The normalized spacial score (nSPS) is 10.3. The van der Waals surface area contributed by atoms with Crippen molar-refractivity contribution < 1.29 is 9.90 Å². The first-order valence-electron chi connectivity index (χ1n) is 5.51. The van der Waals surface area contributed by atoms with Crippen molar-refractivity contribution in [3.63, 3.8) is 0 Å². The van der Waals surface area contributed by atoms with Crippen LogP contribution in [0.2, 0.25) is 0 Å². The van der Waals surface area contributed by atoms with E-state index in [-0.39, 0.29) is 0 Å². The van der Waals surface area contributed by atoms with Crippen molar-refractivity contribution in [2.45, 2.75) is 51.4 Å². The zero-order chi connectivity index (χ0) is 11.4. The quantitative estimate of drug-likeness (QED) is 0.468. The van der Waals surface area contributed by atoms with Gasteiger partial charge in [0.15, 0.2) is 0 Å². The first-order chi connectivity index (χ1) is 7.27. The molecule has 0 spiro atoms. The van der Waals surface area contributed by atoms with Crippen LogP contribution in [0, 0.1) is 11.3 Å². The second-order valence-corrected chi connectivity index (χ2v) is 3.53. The van der Waals surface area contributed by atoms with Crippen LogP contribution >= 0.6 is 0 Å². The first-order valence-corrected chi connectivity index (χ1v) is 5.51. The van der Waals surface area contributed by atoms with E-state index >= 15 is 0 Å². The molecule has 1 N–H and O–H groups in total. The zero-order valence-corrected chi connectivity index (χ0v) is 9.11. The van der Waals surface area contributed by atoms with E-state index in [1.54, 1.807) is 0 Å². The highest BCUT2D eigenvalue weighted by Gasteiger charge is 1.95. The Balaban J connectivity index is 3.05. The summed E-state index contributed by atoms with van der Waals surface area (Å²) in [4.78, 5) is 10.2. The van der Waals surface area contributed by atoms with Gasteiger partial charge in [-0.3, -0.25) is 4.79 Å². The van der Waals surface area contributed by atoms with Crippen LogP contribution in [0.25, 0.3) is 0 Å². The van der Waals surface area contributed by atoms with Crippen LogP contribution in [0.15, 0.2) is 12.2 Å². The average molecular weight is 209 g/mol. The summed E-state index contributed by atoms with van der Waals surface area (Å²) in [7, 11) is 0. The van der Waals surface area contributed by atoms with Crippen molar-refractivity contribution in [1.82, 2.24) is 0 Å². The third kappa shape index (κ3) is 12.7. The smallest absolute Gasteiger partial charge is 0.303 e. The fraction of sp³-hybridized carbons (Fsp3) is 0.667. The van der Waals surface area contributed by atoms with Gasteiger partial charge in [0.05, 0.1) is 12.5 Å².